The first-order valence-corrected chi connectivity index (χ1v) is 12.9. The van der Waals surface area contributed by atoms with Gasteiger partial charge in [0.2, 0.25) is 23.6 Å². The van der Waals surface area contributed by atoms with Crippen LogP contribution in [0.3, 0.4) is 0 Å². The Morgan fingerprint density at radius 3 is 1.88 bits per heavy atom. The van der Waals surface area contributed by atoms with Crippen molar-refractivity contribution in [1.29, 1.82) is 0 Å². The highest BCUT2D eigenvalue weighted by molar-refractivity contribution is 5.94. The number of aliphatic carboxylic acids is 1. The molecule has 2 aromatic rings. The van der Waals surface area contributed by atoms with Crippen LogP contribution in [0.15, 0.2) is 54.6 Å². The fourth-order valence-electron chi connectivity index (χ4n) is 3.91. The molecule has 0 saturated heterocycles. The molecule has 40 heavy (non-hydrogen) atoms. The maximum Gasteiger partial charge on any atom is 0.326 e. The summed E-state index contributed by atoms with van der Waals surface area (Å²) in [6.45, 7) is 3.28. The Kier molecular flexibility index (Phi) is 12.1. The molecule has 216 valence electrons. The zero-order chi connectivity index (χ0) is 29.8. The normalized spacial score (nSPS) is 13.9. The molecule has 4 amide bonds. The van der Waals surface area contributed by atoms with Crippen LogP contribution in [-0.2, 0) is 36.8 Å². The van der Waals surface area contributed by atoms with E-state index in [2.05, 4.69) is 16.0 Å². The minimum Gasteiger partial charge on any atom is -0.508 e. The number of phenols is 1. The number of nitrogens with two attached hydrogens (primary N) is 2. The molecule has 0 radical (unpaired) electrons. The standard InChI is InChI=1S/C28H37N5O7/c1-16(2)24(28(39)40)33-27(38)22(15-17-6-4-3-5-7-17)32-26(37)21(12-13-23(30)35)31-25(36)20(29)14-18-8-10-19(34)11-9-18/h3-11,16,20-22,24,34H,12-15,29H2,1-2H3,(H2,30,35)(H,31,36)(H,32,37)(H,33,38)(H,39,40). The predicted molar refractivity (Wildman–Crippen MR) is 147 cm³/mol. The van der Waals surface area contributed by atoms with Crippen LogP contribution in [0, 0.1) is 5.92 Å². The monoisotopic (exact) mass is 555 g/mol. The zero-order valence-corrected chi connectivity index (χ0v) is 22.5. The van der Waals surface area contributed by atoms with Gasteiger partial charge in [-0.05, 0) is 42.0 Å². The number of rotatable bonds is 15. The summed E-state index contributed by atoms with van der Waals surface area (Å²) in [6.07, 6.45) is -0.224. The van der Waals surface area contributed by atoms with Crippen molar-refractivity contribution < 1.29 is 34.2 Å². The molecule has 0 aliphatic carbocycles. The second-order valence-electron chi connectivity index (χ2n) is 9.86. The Bertz CT molecular complexity index is 1170. The molecule has 0 saturated carbocycles. The van der Waals surface area contributed by atoms with Crippen molar-refractivity contribution in [3.63, 3.8) is 0 Å². The molecule has 0 spiro atoms. The number of nitrogens with one attached hydrogen (secondary N) is 3. The van der Waals surface area contributed by atoms with E-state index in [4.69, 9.17) is 11.5 Å². The number of amides is 4. The first-order chi connectivity index (χ1) is 18.9. The van der Waals surface area contributed by atoms with Gasteiger partial charge in [-0.15, -0.1) is 0 Å². The molecule has 12 nitrogen and oxygen atoms in total. The lowest BCUT2D eigenvalue weighted by Gasteiger charge is -2.26. The summed E-state index contributed by atoms with van der Waals surface area (Å²) in [7, 11) is 0. The Labute approximate surface area is 232 Å². The lowest BCUT2D eigenvalue weighted by molar-refractivity contribution is -0.143. The van der Waals surface area contributed by atoms with Crippen LogP contribution in [0.5, 0.6) is 5.75 Å². The molecule has 0 fully saturated rings. The van der Waals surface area contributed by atoms with Crippen LogP contribution in [0.4, 0.5) is 0 Å². The van der Waals surface area contributed by atoms with Gasteiger partial charge in [-0.2, -0.15) is 0 Å². The van der Waals surface area contributed by atoms with Gasteiger partial charge in [-0.1, -0.05) is 56.3 Å². The van der Waals surface area contributed by atoms with E-state index in [9.17, 15) is 34.2 Å². The number of aromatic hydroxyl groups is 1. The van der Waals surface area contributed by atoms with Crippen molar-refractivity contribution in [3.05, 3.63) is 65.7 Å². The van der Waals surface area contributed by atoms with E-state index in [0.29, 0.717) is 11.1 Å². The van der Waals surface area contributed by atoms with E-state index in [1.165, 1.54) is 12.1 Å². The molecule has 12 heteroatoms. The average molecular weight is 556 g/mol. The molecule has 0 aliphatic heterocycles. The largest absolute Gasteiger partial charge is 0.508 e. The Balaban J connectivity index is 2.22. The Morgan fingerprint density at radius 2 is 1.32 bits per heavy atom. The molecule has 2 rings (SSSR count). The first kappa shape index (κ1) is 31.8. The minimum absolute atomic E-state index is 0.0414. The Hall–Kier alpha value is -4.45. The van der Waals surface area contributed by atoms with Gasteiger partial charge >= 0.3 is 5.97 Å². The molecule has 0 aromatic heterocycles. The third-order valence-corrected chi connectivity index (χ3v) is 6.19. The van der Waals surface area contributed by atoms with Gasteiger partial charge in [0.1, 0.15) is 23.9 Å². The van der Waals surface area contributed by atoms with Crippen molar-refractivity contribution in [1.82, 2.24) is 16.0 Å². The van der Waals surface area contributed by atoms with E-state index >= 15 is 0 Å². The first-order valence-electron chi connectivity index (χ1n) is 12.9. The van der Waals surface area contributed by atoms with Crippen molar-refractivity contribution in [2.75, 3.05) is 0 Å². The maximum absolute atomic E-state index is 13.3. The summed E-state index contributed by atoms with van der Waals surface area (Å²) >= 11 is 0. The number of carboxylic acids is 1. The van der Waals surface area contributed by atoms with Gasteiger partial charge in [0, 0.05) is 12.8 Å². The van der Waals surface area contributed by atoms with Crippen molar-refractivity contribution >= 4 is 29.6 Å². The fraction of sp³-hybridized carbons (Fsp3) is 0.393. The third kappa shape index (κ3) is 10.4. The SMILES string of the molecule is CC(C)C(NC(=O)C(Cc1ccccc1)NC(=O)C(CCC(N)=O)NC(=O)C(N)Cc1ccc(O)cc1)C(=O)O. The van der Waals surface area contributed by atoms with Crippen LogP contribution >= 0.6 is 0 Å². The van der Waals surface area contributed by atoms with Crippen LogP contribution in [0.25, 0.3) is 0 Å². The van der Waals surface area contributed by atoms with E-state index in [1.54, 1.807) is 56.3 Å². The van der Waals surface area contributed by atoms with Gasteiger partial charge in [0.15, 0.2) is 0 Å². The average Bonchev–Trinajstić information content (AvgIpc) is 2.90. The van der Waals surface area contributed by atoms with Gasteiger partial charge in [-0.25, -0.2) is 4.79 Å². The molecule has 4 atom stereocenters. The minimum atomic E-state index is -1.25. The van der Waals surface area contributed by atoms with E-state index in [-0.39, 0.29) is 31.4 Å². The second kappa shape index (κ2) is 15.2. The highest BCUT2D eigenvalue weighted by Crippen LogP contribution is 2.12. The molecule has 9 N–H and O–H groups in total. The Morgan fingerprint density at radius 1 is 0.775 bits per heavy atom. The smallest absolute Gasteiger partial charge is 0.326 e. The molecule has 0 heterocycles. The summed E-state index contributed by atoms with van der Waals surface area (Å²) in [5.41, 5.74) is 12.7. The van der Waals surface area contributed by atoms with Gasteiger partial charge in [0.05, 0.1) is 6.04 Å². The van der Waals surface area contributed by atoms with Crippen LogP contribution in [0.2, 0.25) is 0 Å². The van der Waals surface area contributed by atoms with Crippen molar-refractivity contribution in [3.8, 4) is 5.75 Å². The summed E-state index contributed by atoms with van der Waals surface area (Å²) in [5.74, 6) is -4.44. The predicted octanol–water partition coefficient (Wildman–Crippen LogP) is -0.0348. The number of carbonyl (C=O) groups excluding carboxylic acids is 4. The molecule has 4 unspecified atom stereocenters. The topological polar surface area (TPSA) is 214 Å². The lowest BCUT2D eigenvalue weighted by atomic mass is 10.0. The molecule has 0 aliphatic rings. The quantitative estimate of drug-likeness (QED) is 0.158. The number of phenolic OH excluding ortho intramolecular Hbond substituents is 1. The molecular formula is C28H37N5O7. The molecule has 0 bridgehead atoms. The molecule has 2 aromatic carbocycles. The molecular weight excluding hydrogens is 518 g/mol. The van der Waals surface area contributed by atoms with Crippen molar-refractivity contribution in [2.45, 2.75) is 63.7 Å². The van der Waals surface area contributed by atoms with Crippen LogP contribution < -0.4 is 27.4 Å². The van der Waals surface area contributed by atoms with Crippen LogP contribution in [0.1, 0.15) is 37.8 Å². The third-order valence-electron chi connectivity index (χ3n) is 6.19. The van der Waals surface area contributed by atoms with Gasteiger partial charge < -0.3 is 37.6 Å². The van der Waals surface area contributed by atoms with Crippen molar-refractivity contribution in [2.24, 2.45) is 17.4 Å². The fourth-order valence-corrected chi connectivity index (χ4v) is 3.91. The summed E-state index contributed by atoms with van der Waals surface area (Å²) in [6, 6.07) is 10.2. The van der Waals surface area contributed by atoms with Crippen LogP contribution in [-0.4, -0.2) is 64.0 Å². The number of carboxylic acid groups (broad SMARTS) is 1. The van der Waals surface area contributed by atoms with E-state index in [1.807, 2.05) is 0 Å². The number of primary amides is 1. The highest BCUT2D eigenvalue weighted by atomic mass is 16.4. The van der Waals surface area contributed by atoms with Gasteiger partial charge in [0.25, 0.3) is 0 Å². The maximum atomic E-state index is 13.3. The highest BCUT2D eigenvalue weighted by Gasteiger charge is 2.31. The lowest BCUT2D eigenvalue weighted by Crippen LogP contribution is -2.58. The summed E-state index contributed by atoms with van der Waals surface area (Å²) in [5, 5.41) is 26.5. The van der Waals surface area contributed by atoms with E-state index < -0.39 is 59.7 Å². The zero-order valence-electron chi connectivity index (χ0n) is 22.5. The number of hydrogen-bond acceptors (Lipinski definition) is 7. The second-order valence-corrected chi connectivity index (χ2v) is 9.86. The summed E-state index contributed by atoms with van der Waals surface area (Å²) in [4.78, 5) is 62.4. The van der Waals surface area contributed by atoms with E-state index in [0.717, 1.165) is 0 Å². The van der Waals surface area contributed by atoms with Gasteiger partial charge in [-0.3, -0.25) is 19.2 Å². The summed E-state index contributed by atoms with van der Waals surface area (Å²) < 4.78 is 0. The number of carbonyl (C=O) groups is 5. The number of hydrogen-bond donors (Lipinski definition) is 7. The number of benzene rings is 2.